The van der Waals surface area contributed by atoms with Crippen molar-refractivity contribution in [3.05, 3.63) is 29.8 Å². The highest BCUT2D eigenvalue weighted by Crippen LogP contribution is 2.19. The first kappa shape index (κ1) is 17.0. The first-order chi connectivity index (χ1) is 9.62. The van der Waals surface area contributed by atoms with Crippen LogP contribution < -0.4 is 10.1 Å². The number of hydrogen-bond donors (Lipinski definition) is 1. The van der Waals surface area contributed by atoms with Crippen molar-refractivity contribution < 1.29 is 4.74 Å². The second kappa shape index (κ2) is 8.98. The molecule has 0 aromatic heterocycles. The van der Waals surface area contributed by atoms with Gasteiger partial charge < -0.3 is 15.0 Å². The van der Waals surface area contributed by atoms with Gasteiger partial charge in [0.05, 0.1) is 6.61 Å². The van der Waals surface area contributed by atoms with E-state index >= 15 is 0 Å². The third-order valence-electron chi connectivity index (χ3n) is 3.92. The summed E-state index contributed by atoms with van der Waals surface area (Å²) in [5, 5.41) is 3.41. The van der Waals surface area contributed by atoms with Crippen LogP contribution in [0.5, 0.6) is 5.75 Å². The quantitative estimate of drug-likeness (QED) is 0.748. The van der Waals surface area contributed by atoms with Gasteiger partial charge in [-0.15, -0.1) is 0 Å². The molecule has 0 saturated heterocycles. The van der Waals surface area contributed by atoms with E-state index in [-0.39, 0.29) is 0 Å². The van der Waals surface area contributed by atoms with Gasteiger partial charge in [0.15, 0.2) is 0 Å². The topological polar surface area (TPSA) is 24.5 Å². The highest BCUT2D eigenvalue weighted by atomic mass is 16.5. The highest BCUT2D eigenvalue weighted by Gasteiger charge is 2.15. The summed E-state index contributed by atoms with van der Waals surface area (Å²) in [5.74, 6) is 0.959. The van der Waals surface area contributed by atoms with Crippen molar-refractivity contribution in [3.63, 3.8) is 0 Å². The van der Waals surface area contributed by atoms with E-state index in [1.807, 2.05) is 7.05 Å². The molecule has 0 heterocycles. The lowest BCUT2D eigenvalue weighted by atomic mass is 10.1. The summed E-state index contributed by atoms with van der Waals surface area (Å²) in [4.78, 5) is 2.41. The molecule has 0 bridgehead atoms. The van der Waals surface area contributed by atoms with Crippen LogP contribution in [0.1, 0.15) is 45.2 Å². The smallest absolute Gasteiger partial charge is 0.119 e. The summed E-state index contributed by atoms with van der Waals surface area (Å²) in [6.07, 6.45) is 2.22. The molecular formula is C17H30N2O. The molecule has 0 aliphatic rings. The van der Waals surface area contributed by atoms with E-state index in [2.05, 4.69) is 62.3 Å². The lowest BCUT2D eigenvalue weighted by molar-refractivity contribution is 0.228. The van der Waals surface area contributed by atoms with Crippen LogP contribution in [0, 0.1) is 0 Å². The molecule has 114 valence electrons. The zero-order chi connectivity index (χ0) is 15.0. The predicted octanol–water partition coefficient (Wildman–Crippen LogP) is 3.47. The number of rotatable bonds is 9. The minimum absolute atomic E-state index is 0.356. The Morgan fingerprint density at radius 1 is 1.20 bits per heavy atom. The molecule has 2 atom stereocenters. The Bertz CT molecular complexity index is 364. The molecule has 0 saturated carbocycles. The molecule has 1 aromatic carbocycles. The number of hydrogen-bond acceptors (Lipinski definition) is 3. The number of nitrogens with one attached hydrogen (secondary N) is 1. The Labute approximate surface area is 124 Å². The van der Waals surface area contributed by atoms with Gasteiger partial charge in [-0.2, -0.15) is 0 Å². The fourth-order valence-corrected chi connectivity index (χ4v) is 2.16. The molecule has 3 nitrogen and oxygen atoms in total. The van der Waals surface area contributed by atoms with E-state index in [0.717, 1.165) is 25.3 Å². The van der Waals surface area contributed by atoms with Gasteiger partial charge in [0.25, 0.3) is 0 Å². The van der Waals surface area contributed by atoms with Crippen LogP contribution in [-0.2, 0) is 0 Å². The van der Waals surface area contributed by atoms with E-state index in [0.29, 0.717) is 12.1 Å². The van der Waals surface area contributed by atoms with Gasteiger partial charge in [-0.1, -0.05) is 26.0 Å². The molecule has 3 heteroatoms. The summed E-state index contributed by atoms with van der Waals surface area (Å²) in [6, 6.07) is 9.43. The van der Waals surface area contributed by atoms with Gasteiger partial charge in [0.1, 0.15) is 5.75 Å². The molecule has 0 aliphatic carbocycles. The molecule has 0 aliphatic heterocycles. The van der Waals surface area contributed by atoms with Gasteiger partial charge in [-0.05, 0) is 51.6 Å². The highest BCUT2D eigenvalue weighted by molar-refractivity contribution is 5.29. The monoisotopic (exact) mass is 278 g/mol. The lowest BCUT2D eigenvalue weighted by Crippen LogP contribution is -2.36. The standard InChI is InChI=1S/C17H30N2O/c1-6-12-20-16-10-8-15(9-11-16)17(18-4)13-19(5)14(3)7-2/h8-11,14,17-18H,6-7,12-13H2,1-5H3. The Hall–Kier alpha value is -1.06. The van der Waals surface area contributed by atoms with Gasteiger partial charge in [0.2, 0.25) is 0 Å². The molecule has 20 heavy (non-hydrogen) atoms. The van der Waals surface area contributed by atoms with Crippen molar-refractivity contribution >= 4 is 0 Å². The van der Waals surface area contributed by atoms with Crippen LogP contribution in [0.4, 0.5) is 0 Å². The zero-order valence-electron chi connectivity index (χ0n) is 13.6. The summed E-state index contributed by atoms with van der Waals surface area (Å²) >= 11 is 0. The number of nitrogens with zero attached hydrogens (tertiary/aromatic N) is 1. The maximum atomic E-state index is 5.63. The van der Waals surface area contributed by atoms with E-state index in [9.17, 15) is 0 Å². The van der Waals surface area contributed by atoms with Gasteiger partial charge in [-0.25, -0.2) is 0 Å². The normalized spacial score (nSPS) is 14.3. The SMILES string of the molecule is CCCOc1ccc(C(CN(C)C(C)CC)NC)cc1. The number of ether oxygens (including phenoxy) is 1. The Kier molecular flexibility index (Phi) is 7.63. The van der Waals surface area contributed by atoms with Crippen LogP contribution in [0.2, 0.25) is 0 Å². The predicted molar refractivity (Wildman–Crippen MR) is 86.4 cm³/mol. The van der Waals surface area contributed by atoms with E-state index < -0.39 is 0 Å². The van der Waals surface area contributed by atoms with Crippen molar-refractivity contribution in [1.82, 2.24) is 10.2 Å². The largest absolute Gasteiger partial charge is 0.494 e. The fraction of sp³-hybridized carbons (Fsp3) is 0.647. The molecule has 0 spiro atoms. The second-order valence-corrected chi connectivity index (χ2v) is 5.46. The van der Waals surface area contributed by atoms with E-state index in [1.165, 1.54) is 12.0 Å². The van der Waals surface area contributed by atoms with Crippen LogP contribution in [0.3, 0.4) is 0 Å². The van der Waals surface area contributed by atoms with Gasteiger partial charge >= 0.3 is 0 Å². The first-order valence-electron chi connectivity index (χ1n) is 7.72. The van der Waals surface area contributed by atoms with Crippen molar-refractivity contribution in [3.8, 4) is 5.75 Å². The van der Waals surface area contributed by atoms with Crippen LogP contribution in [-0.4, -0.2) is 38.2 Å². The fourth-order valence-electron chi connectivity index (χ4n) is 2.16. The first-order valence-corrected chi connectivity index (χ1v) is 7.72. The molecule has 1 aromatic rings. The third-order valence-corrected chi connectivity index (χ3v) is 3.92. The lowest BCUT2D eigenvalue weighted by Gasteiger charge is -2.28. The summed E-state index contributed by atoms with van der Waals surface area (Å²) < 4.78 is 5.63. The maximum Gasteiger partial charge on any atom is 0.119 e. The van der Waals surface area contributed by atoms with Gasteiger partial charge in [0, 0.05) is 18.6 Å². The summed E-state index contributed by atoms with van der Waals surface area (Å²) in [7, 11) is 4.22. The van der Waals surface area contributed by atoms with Gasteiger partial charge in [-0.3, -0.25) is 0 Å². The third kappa shape index (κ3) is 5.14. The Balaban J connectivity index is 2.65. The van der Waals surface area contributed by atoms with Crippen LogP contribution in [0.25, 0.3) is 0 Å². The minimum atomic E-state index is 0.356. The minimum Gasteiger partial charge on any atom is -0.494 e. The summed E-state index contributed by atoms with van der Waals surface area (Å²) in [5.41, 5.74) is 1.31. The molecule has 0 radical (unpaired) electrons. The van der Waals surface area contributed by atoms with Crippen LogP contribution in [0.15, 0.2) is 24.3 Å². The van der Waals surface area contributed by atoms with Crippen molar-refractivity contribution in [1.29, 1.82) is 0 Å². The Morgan fingerprint density at radius 2 is 1.85 bits per heavy atom. The Morgan fingerprint density at radius 3 is 2.35 bits per heavy atom. The molecular weight excluding hydrogens is 248 g/mol. The number of likely N-dealkylation sites (N-methyl/N-ethyl adjacent to an activating group) is 2. The summed E-state index contributed by atoms with van der Waals surface area (Å²) in [6.45, 7) is 8.42. The van der Waals surface area contributed by atoms with Crippen LogP contribution >= 0.6 is 0 Å². The van der Waals surface area contributed by atoms with E-state index in [1.54, 1.807) is 0 Å². The second-order valence-electron chi connectivity index (χ2n) is 5.46. The zero-order valence-corrected chi connectivity index (χ0v) is 13.6. The van der Waals surface area contributed by atoms with Crippen molar-refractivity contribution in [2.75, 3.05) is 27.2 Å². The number of benzene rings is 1. The molecule has 0 fully saturated rings. The molecule has 2 unspecified atom stereocenters. The molecule has 0 amide bonds. The average molecular weight is 278 g/mol. The van der Waals surface area contributed by atoms with Crippen molar-refractivity contribution in [2.24, 2.45) is 0 Å². The van der Waals surface area contributed by atoms with Crippen molar-refractivity contribution in [2.45, 2.75) is 45.7 Å². The molecule has 1 N–H and O–H groups in total. The molecule has 1 rings (SSSR count). The van der Waals surface area contributed by atoms with E-state index in [4.69, 9.17) is 4.74 Å². The average Bonchev–Trinajstić information content (AvgIpc) is 2.50. The maximum absolute atomic E-state index is 5.63.